The van der Waals surface area contributed by atoms with E-state index >= 15 is 0 Å². The van der Waals surface area contributed by atoms with Gasteiger partial charge in [0.15, 0.2) is 6.61 Å². The van der Waals surface area contributed by atoms with Crippen LogP contribution in [-0.2, 0) is 9.59 Å². The molecule has 4 amide bonds. The second kappa shape index (κ2) is 8.37. The molecule has 0 aromatic heterocycles. The number of barbiturate groups is 1. The molecule has 3 rings (SSSR count). The summed E-state index contributed by atoms with van der Waals surface area (Å²) in [5, 5.41) is 10.8. The number of halogens is 2. The number of amides is 4. The molecule has 0 atom stereocenters. The van der Waals surface area contributed by atoms with Crippen molar-refractivity contribution in [2.75, 3.05) is 11.5 Å². The minimum Gasteiger partial charge on any atom is -0.478 e. The van der Waals surface area contributed by atoms with Gasteiger partial charge in [0.1, 0.15) is 17.4 Å². The molecule has 0 unspecified atom stereocenters. The Bertz CT molecular complexity index is 1040. The highest BCUT2D eigenvalue weighted by Crippen LogP contribution is 2.28. The van der Waals surface area contributed by atoms with Crippen LogP contribution in [0.1, 0.15) is 5.56 Å². The lowest BCUT2D eigenvalue weighted by molar-refractivity contribution is -0.122. The average Bonchev–Trinajstić information content (AvgIpc) is 2.66. The number of carbonyl (C=O) groups excluding carboxylic acids is 3. The highest BCUT2D eigenvalue weighted by molar-refractivity contribution is 9.10. The zero-order valence-corrected chi connectivity index (χ0v) is 17.3. The first-order valence-electron chi connectivity index (χ1n) is 7.87. The maximum atomic E-state index is 12.8. The number of benzene rings is 2. The number of nitrogens with zero attached hydrogens (tertiary/aromatic N) is 2. The smallest absolute Gasteiger partial charge is 0.335 e. The zero-order valence-electron chi connectivity index (χ0n) is 14.1. The van der Waals surface area contributed by atoms with E-state index in [1.807, 2.05) is 6.07 Å². The van der Waals surface area contributed by atoms with Gasteiger partial charge in [-0.1, -0.05) is 22.0 Å². The predicted molar refractivity (Wildman–Crippen MR) is 108 cm³/mol. The van der Waals surface area contributed by atoms with Crippen molar-refractivity contribution >= 4 is 61.5 Å². The molecule has 0 spiro atoms. The molecule has 140 valence electrons. The Morgan fingerprint density at radius 1 is 1.11 bits per heavy atom. The molecule has 7 nitrogen and oxygen atoms in total. The van der Waals surface area contributed by atoms with Gasteiger partial charge < -0.3 is 4.74 Å². The Morgan fingerprint density at radius 3 is 2.46 bits per heavy atom. The van der Waals surface area contributed by atoms with E-state index in [-0.39, 0.29) is 12.2 Å². The summed E-state index contributed by atoms with van der Waals surface area (Å²) in [4.78, 5) is 38.1. The maximum absolute atomic E-state index is 12.8. The molecule has 0 radical (unpaired) electrons. The van der Waals surface area contributed by atoms with Crippen LogP contribution in [0.15, 0.2) is 57.0 Å². The normalized spacial score (nSPS) is 15.4. The Kier molecular flexibility index (Phi) is 5.92. The third-order valence-corrected chi connectivity index (χ3v) is 4.89. The number of carbonyl (C=O) groups is 3. The molecule has 28 heavy (non-hydrogen) atoms. The molecule has 0 aliphatic carbocycles. The fourth-order valence-corrected chi connectivity index (χ4v) is 3.26. The first-order chi connectivity index (χ1) is 13.4. The topological polar surface area (TPSA) is 99.5 Å². The third-order valence-electron chi connectivity index (χ3n) is 3.75. The van der Waals surface area contributed by atoms with E-state index in [0.29, 0.717) is 21.5 Å². The van der Waals surface area contributed by atoms with Crippen molar-refractivity contribution in [1.82, 2.24) is 5.32 Å². The summed E-state index contributed by atoms with van der Waals surface area (Å²) >= 11 is 6.61. The molecular formula is C19H11Br2N3O4. The molecule has 1 fully saturated rings. The lowest BCUT2D eigenvalue weighted by Crippen LogP contribution is -2.54. The SMILES string of the molecule is N#CCOc1ccc(/C=C2\C(=O)NC(=O)N(c3ccc(Br)cc3)C2=O)cc1Br. The van der Waals surface area contributed by atoms with Gasteiger partial charge in [0, 0.05) is 4.47 Å². The monoisotopic (exact) mass is 503 g/mol. The van der Waals surface area contributed by atoms with Crippen molar-refractivity contribution < 1.29 is 19.1 Å². The molecular weight excluding hydrogens is 494 g/mol. The summed E-state index contributed by atoms with van der Waals surface area (Å²) < 4.78 is 6.59. The number of hydrogen-bond acceptors (Lipinski definition) is 5. The third kappa shape index (κ3) is 4.13. The number of nitriles is 1. The van der Waals surface area contributed by atoms with Gasteiger partial charge in [-0.25, -0.2) is 9.69 Å². The number of urea groups is 1. The van der Waals surface area contributed by atoms with Crippen LogP contribution >= 0.6 is 31.9 Å². The Hall–Kier alpha value is -2.96. The van der Waals surface area contributed by atoms with Gasteiger partial charge in [-0.3, -0.25) is 14.9 Å². The predicted octanol–water partition coefficient (Wildman–Crippen LogP) is 3.78. The van der Waals surface area contributed by atoms with Gasteiger partial charge in [-0.15, -0.1) is 0 Å². The Balaban J connectivity index is 1.94. The van der Waals surface area contributed by atoms with Gasteiger partial charge in [-0.05, 0) is 64.0 Å². The van der Waals surface area contributed by atoms with Crippen molar-refractivity contribution in [1.29, 1.82) is 5.26 Å². The van der Waals surface area contributed by atoms with E-state index in [4.69, 9.17) is 10.00 Å². The number of anilines is 1. The van der Waals surface area contributed by atoms with Gasteiger partial charge in [0.05, 0.1) is 10.2 Å². The average molecular weight is 505 g/mol. The van der Waals surface area contributed by atoms with E-state index in [9.17, 15) is 14.4 Å². The van der Waals surface area contributed by atoms with Crippen LogP contribution in [0.4, 0.5) is 10.5 Å². The molecule has 1 heterocycles. The second-order valence-electron chi connectivity index (χ2n) is 5.57. The molecule has 1 N–H and O–H groups in total. The standard InChI is InChI=1S/C19H11Br2N3O4/c20-12-2-4-13(5-3-12)24-18(26)14(17(25)23-19(24)27)9-11-1-6-16(15(21)10-11)28-8-7-22/h1-6,9-10H,8H2,(H,23,25,27)/b14-9+. The van der Waals surface area contributed by atoms with Crippen LogP contribution < -0.4 is 15.0 Å². The molecule has 2 aromatic carbocycles. The van der Waals surface area contributed by atoms with Crippen molar-refractivity contribution in [3.8, 4) is 11.8 Å². The molecule has 1 aliphatic rings. The van der Waals surface area contributed by atoms with Crippen LogP contribution in [0.5, 0.6) is 5.75 Å². The molecule has 2 aromatic rings. The van der Waals surface area contributed by atoms with Gasteiger partial charge in [-0.2, -0.15) is 5.26 Å². The van der Waals surface area contributed by atoms with Gasteiger partial charge in [0.2, 0.25) is 0 Å². The van der Waals surface area contributed by atoms with E-state index in [0.717, 1.165) is 9.37 Å². The largest absolute Gasteiger partial charge is 0.478 e. The number of hydrogen-bond donors (Lipinski definition) is 1. The lowest BCUT2D eigenvalue weighted by Gasteiger charge is -2.26. The first kappa shape index (κ1) is 19.8. The highest BCUT2D eigenvalue weighted by atomic mass is 79.9. The fourth-order valence-electron chi connectivity index (χ4n) is 2.48. The van der Waals surface area contributed by atoms with Gasteiger partial charge in [0.25, 0.3) is 11.8 Å². The summed E-state index contributed by atoms with van der Waals surface area (Å²) in [6, 6.07) is 12.5. The van der Waals surface area contributed by atoms with E-state index in [1.165, 1.54) is 6.08 Å². The van der Waals surface area contributed by atoms with Crippen molar-refractivity contribution in [3.05, 3.63) is 62.5 Å². The number of nitrogens with one attached hydrogen (secondary N) is 1. The minimum absolute atomic E-state index is 0.107. The van der Waals surface area contributed by atoms with E-state index < -0.39 is 17.8 Å². The molecule has 1 saturated heterocycles. The highest BCUT2D eigenvalue weighted by Gasteiger charge is 2.36. The summed E-state index contributed by atoms with van der Waals surface area (Å²) in [6.07, 6.45) is 1.38. The molecule has 0 bridgehead atoms. The second-order valence-corrected chi connectivity index (χ2v) is 7.34. The van der Waals surface area contributed by atoms with Crippen molar-refractivity contribution in [2.45, 2.75) is 0 Å². The van der Waals surface area contributed by atoms with Crippen molar-refractivity contribution in [3.63, 3.8) is 0 Å². The Morgan fingerprint density at radius 2 is 1.82 bits per heavy atom. The van der Waals surface area contributed by atoms with Gasteiger partial charge >= 0.3 is 6.03 Å². The first-order valence-corrected chi connectivity index (χ1v) is 9.45. The number of imide groups is 2. The number of ether oxygens (including phenoxy) is 1. The maximum Gasteiger partial charge on any atom is 0.335 e. The van der Waals surface area contributed by atoms with Crippen LogP contribution in [0.2, 0.25) is 0 Å². The van der Waals surface area contributed by atoms with Crippen LogP contribution in [0, 0.1) is 11.3 Å². The van der Waals surface area contributed by atoms with Crippen molar-refractivity contribution in [2.24, 2.45) is 0 Å². The van der Waals surface area contributed by atoms with Crippen LogP contribution in [0.25, 0.3) is 6.08 Å². The molecule has 9 heteroatoms. The molecule has 0 saturated carbocycles. The quantitative estimate of drug-likeness (QED) is 0.504. The minimum atomic E-state index is -0.809. The van der Waals surface area contributed by atoms with E-state index in [2.05, 4.69) is 37.2 Å². The van der Waals surface area contributed by atoms with E-state index in [1.54, 1.807) is 42.5 Å². The Labute approximate surface area is 176 Å². The van der Waals surface area contributed by atoms with Crippen LogP contribution in [-0.4, -0.2) is 24.5 Å². The summed E-state index contributed by atoms with van der Waals surface area (Å²) in [6.45, 7) is -0.107. The summed E-state index contributed by atoms with van der Waals surface area (Å²) in [5.74, 6) is -1.05. The van der Waals surface area contributed by atoms with Crippen LogP contribution in [0.3, 0.4) is 0 Å². The number of rotatable bonds is 4. The lowest BCUT2D eigenvalue weighted by atomic mass is 10.1. The molecule has 1 aliphatic heterocycles. The summed E-state index contributed by atoms with van der Waals surface area (Å²) in [7, 11) is 0. The summed E-state index contributed by atoms with van der Waals surface area (Å²) in [5.41, 5.74) is 0.699. The fraction of sp³-hybridized carbons (Fsp3) is 0.0526. The zero-order chi connectivity index (χ0) is 20.3.